The van der Waals surface area contributed by atoms with Crippen molar-refractivity contribution in [1.29, 1.82) is 0 Å². The first-order valence-corrected chi connectivity index (χ1v) is 3.99. The van der Waals surface area contributed by atoms with E-state index in [1.807, 2.05) is 0 Å². The Labute approximate surface area is 75.0 Å². The molecule has 66 valence electrons. The van der Waals surface area contributed by atoms with Gasteiger partial charge in [-0.3, -0.25) is 4.79 Å². The lowest BCUT2D eigenvalue weighted by Crippen LogP contribution is -1.89. The van der Waals surface area contributed by atoms with E-state index in [0.717, 1.165) is 10.9 Å². The minimum absolute atomic E-state index is 0.0302. The Balaban J connectivity index is 2.67. The molecule has 0 spiro atoms. The maximum absolute atomic E-state index is 11.0. The molecule has 0 fully saturated rings. The molecule has 0 aliphatic carbocycles. The van der Waals surface area contributed by atoms with Gasteiger partial charge in [0.15, 0.2) is 11.7 Å². The molecule has 13 heavy (non-hydrogen) atoms. The summed E-state index contributed by atoms with van der Waals surface area (Å²) in [5.41, 5.74) is 1.49. The second kappa shape index (κ2) is 2.62. The number of aromatic hydroxyl groups is 1. The number of nitrogens with one attached hydrogen (secondary N) is 1. The molecule has 2 rings (SSSR count). The van der Waals surface area contributed by atoms with Gasteiger partial charge in [-0.25, -0.2) is 0 Å². The Bertz CT molecular complexity index is 471. The quantitative estimate of drug-likeness (QED) is 0.652. The Morgan fingerprint density at radius 1 is 1.38 bits per heavy atom. The Morgan fingerprint density at radius 2 is 2.15 bits per heavy atom. The van der Waals surface area contributed by atoms with E-state index in [1.54, 1.807) is 24.3 Å². The van der Waals surface area contributed by atoms with Gasteiger partial charge in [0.05, 0.1) is 0 Å². The number of rotatable bonds is 1. The number of hydrogen-bond donors (Lipinski definition) is 2. The predicted molar refractivity (Wildman–Crippen MR) is 50.0 cm³/mol. The van der Waals surface area contributed by atoms with Crippen LogP contribution in [-0.2, 0) is 0 Å². The smallest absolute Gasteiger partial charge is 0.189 e. The largest absolute Gasteiger partial charge is 0.495 e. The van der Waals surface area contributed by atoms with Gasteiger partial charge in [0.25, 0.3) is 0 Å². The topological polar surface area (TPSA) is 53.1 Å². The lowest BCUT2D eigenvalue weighted by molar-refractivity contribution is 0.101. The number of ketones is 1. The summed E-state index contributed by atoms with van der Waals surface area (Å²) < 4.78 is 0. The molecule has 1 heterocycles. The number of aromatic nitrogens is 1. The van der Waals surface area contributed by atoms with E-state index in [9.17, 15) is 4.79 Å². The van der Waals surface area contributed by atoms with Crippen LogP contribution in [0, 0.1) is 0 Å². The molecular weight excluding hydrogens is 166 g/mol. The van der Waals surface area contributed by atoms with Gasteiger partial charge in [-0.1, -0.05) is 0 Å². The summed E-state index contributed by atoms with van der Waals surface area (Å²) in [7, 11) is 0. The van der Waals surface area contributed by atoms with Crippen LogP contribution in [0.1, 0.15) is 17.3 Å². The van der Waals surface area contributed by atoms with Gasteiger partial charge in [-0.05, 0) is 25.1 Å². The summed E-state index contributed by atoms with van der Waals surface area (Å²) in [5.74, 6) is 0.151. The fourth-order valence-electron chi connectivity index (χ4n) is 1.34. The van der Waals surface area contributed by atoms with E-state index in [0.29, 0.717) is 5.56 Å². The van der Waals surface area contributed by atoms with Gasteiger partial charge < -0.3 is 10.1 Å². The third-order valence-corrected chi connectivity index (χ3v) is 2.01. The highest BCUT2D eigenvalue weighted by atomic mass is 16.3. The monoisotopic (exact) mass is 175 g/mol. The van der Waals surface area contributed by atoms with Crippen molar-refractivity contribution >= 4 is 16.7 Å². The van der Waals surface area contributed by atoms with E-state index in [1.165, 1.54) is 6.92 Å². The fourth-order valence-corrected chi connectivity index (χ4v) is 1.34. The maximum Gasteiger partial charge on any atom is 0.189 e. The summed E-state index contributed by atoms with van der Waals surface area (Å²) in [6.07, 6.45) is 0. The molecule has 0 saturated heterocycles. The van der Waals surface area contributed by atoms with Gasteiger partial charge in [0.2, 0.25) is 0 Å². The van der Waals surface area contributed by atoms with E-state index in [2.05, 4.69) is 4.98 Å². The number of carbonyl (C=O) groups is 1. The molecule has 0 aliphatic heterocycles. The molecule has 1 aromatic heterocycles. The van der Waals surface area contributed by atoms with Crippen LogP contribution in [0.5, 0.6) is 5.88 Å². The molecule has 0 amide bonds. The highest BCUT2D eigenvalue weighted by Crippen LogP contribution is 2.20. The van der Waals surface area contributed by atoms with Gasteiger partial charge in [-0.2, -0.15) is 0 Å². The molecule has 0 atom stereocenters. The van der Waals surface area contributed by atoms with E-state index in [4.69, 9.17) is 5.11 Å². The van der Waals surface area contributed by atoms with Crippen LogP contribution in [0.15, 0.2) is 24.3 Å². The number of aromatic amines is 1. The van der Waals surface area contributed by atoms with Crippen molar-refractivity contribution in [2.45, 2.75) is 6.92 Å². The van der Waals surface area contributed by atoms with Crippen LogP contribution >= 0.6 is 0 Å². The summed E-state index contributed by atoms with van der Waals surface area (Å²) in [4.78, 5) is 13.8. The summed E-state index contributed by atoms with van der Waals surface area (Å²) in [6, 6.07) is 6.88. The molecule has 0 saturated carbocycles. The van der Waals surface area contributed by atoms with Crippen molar-refractivity contribution in [1.82, 2.24) is 4.98 Å². The first kappa shape index (κ1) is 7.86. The summed E-state index contributed by atoms with van der Waals surface area (Å²) >= 11 is 0. The Hall–Kier alpha value is -1.77. The average molecular weight is 175 g/mol. The molecule has 0 aliphatic rings. The van der Waals surface area contributed by atoms with Gasteiger partial charge in [-0.15, -0.1) is 0 Å². The van der Waals surface area contributed by atoms with Crippen LogP contribution in [0.4, 0.5) is 0 Å². The lowest BCUT2D eigenvalue weighted by atomic mass is 10.1. The molecule has 2 aromatic rings. The first-order chi connectivity index (χ1) is 6.16. The zero-order valence-corrected chi connectivity index (χ0v) is 7.16. The molecule has 0 unspecified atom stereocenters. The second-order valence-corrected chi connectivity index (χ2v) is 3.01. The molecule has 0 bridgehead atoms. The minimum atomic E-state index is 0.0302. The highest BCUT2D eigenvalue weighted by Gasteiger charge is 2.02. The maximum atomic E-state index is 11.0. The SMILES string of the molecule is CC(=O)c1ccc2[nH]c(O)cc2c1. The predicted octanol–water partition coefficient (Wildman–Crippen LogP) is 2.08. The van der Waals surface area contributed by atoms with Gasteiger partial charge >= 0.3 is 0 Å². The number of fused-ring (bicyclic) bond motifs is 1. The van der Waals surface area contributed by atoms with E-state index >= 15 is 0 Å². The summed E-state index contributed by atoms with van der Waals surface area (Å²) in [6.45, 7) is 1.52. The molecular formula is C10H9NO2. The van der Waals surface area contributed by atoms with Crippen LogP contribution < -0.4 is 0 Å². The van der Waals surface area contributed by atoms with Crippen LogP contribution in [0.2, 0.25) is 0 Å². The zero-order valence-electron chi connectivity index (χ0n) is 7.16. The lowest BCUT2D eigenvalue weighted by Gasteiger charge is -1.94. The van der Waals surface area contributed by atoms with Crippen molar-refractivity contribution in [3.63, 3.8) is 0 Å². The molecule has 3 nitrogen and oxygen atoms in total. The fraction of sp³-hybridized carbons (Fsp3) is 0.100. The van der Waals surface area contributed by atoms with Gasteiger partial charge in [0, 0.05) is 22.5 Å². The number of carbonyl (C=O) groups excluding carboxylic acids is 1. The highest BCUT2D eigenvalue weighted by molar-refractivity contribution is 5.98. The first-order valence-electron chi connectivity index (χ1n) is 3.99. The minimum Gasteiger partial charge on any atom is -0.495 e. The van der Waals surface area contributed by atoms with Crippen molar-refractivity contribution in [2.24, 2.45) is 0 Å². The number of H-pyrrole nitrogens is 1. The Kier molecular flexibility index (Phi) is 1.59. The standard InChI is InChI=1S/C10H9NO2/c1-6(12)7-2-3-9-8(4-7)5-10(13)11-9/h2-5,11,13H,1H3. The van der Waals surface area contributed by atoms with Gasteiger partial charge in [0.1, 0.15) is 0 Å². The average Bonchev–Trinajstić information content (AvgIpc) is 2.42. The van der Waals surface area contributed by atoms with Crippen molar-refractivity contribution in [2.75, 3.05) is 0 Å². The zero-order chi connectivity index (χ0) is 9.42. The molecule has 2 N–H and O–H groups in total. The van der Waals surface area contributed by atoms with E-state index in [-0.39, 0.29) is 11.7 Å². The number of benzene rings is 1. The summed E-state index contributed by atoms with van der Waals surface area (Å²) in [5, 5.41) is 10.00. The molecule has 0 radical (unpaired) electrons. The number of hydrogen-bond acceptors (Lipinski definition) is 2. The van der Waals surface area contributed by atoms with E-state index < -0.39 is 0 Å². The molecule has 1 aromatic carbocycles. The van der Waals surface area contributed by atoms with Crippen molar-refractivity contribution in [3.8, 4) is 5.88 Å². The van der Waals surface area contributed by atoms with Crippen LogP contribution in [0.3, 0.4) is 0 Å². The number of Topliss-reactive ketones (excluding diaryl/α,β-unsaturated/α-hetero) is 1. The normalized spacial score (nSPS) is 10.5. The van der Waals surface area contributed by atoms with Crippen LogP contribution in [0.25, 0.3) is 10.9 Å². The van der Waals surface area contributed by atoms with Crippen LogP contribution in [-0.4, -0.2) is 15.9 Å². The Morgan fingerprint density at radius 3 is 2.85 bits per heavy atom. The second-order valence-electron chi connectivity index (χ2n) is 3.01. The third kappa shape index (κ3) is 1.28. The van der Waals surface area contributed by atoms with Crippen molar-refractivity contribution < 1.29 is 9.90 Å². The molecule has 3 heteroatoms. The van der Waals surface area contributed by atoms with Crippen molar-refractivity contribution in [3.05, 3.63) is 29.8 Å². The third-order valence-electron chi connectivity index (χ3n) is 2.01.